The Morgan fingerprint density at radius 2 is 2.00 bits per heavy atom. The third kappa shape index (κ3) is 3.78. The van der Waals surface area contributed by atoms with Gasteiger partial charge in [0.15, 0.2) is 0 Å². The number of thiophene rings is 1. The summed E-state index contributed by atoms with van der Waals surface area (Å²) in [6.07, 6.45) is 8.50. The molecule has 1 unspecified atom stereocenters. The zero-order valence-electron chi connectivity index (χ0n) is 16.5. The highest BCUT2D eigenvalue weighted by Gasteiger charge is 2.34. The fraction of sp³-hybridized carbons (Fsp3) is 0.333. The van der Waals surface area contributed by atoms with Crippen molar-refractivity contribution in [3.05, 3.63) is 73.6 Å². The molecule has 3 aromatic heterocycles. The molecule has 0 spiro atoms. The van der Waals surface area contributed by atoms with Crippen LogP contribution >= 0.6 is 34.5 Å². The van der Waals surface area contributed by atoms with E-state index in [0.29, 0.717) is 21.0 Å². The molecule has 1 aliphatic carbocycles. The first-order valence-electron chi connectivity index (χ1n) is 9.95. The van der Waals surface area contributed by atoms with Gasteiger partial charge in [0.1, 0.15) is 23.1 Å². The van der Waals surface area contributed by atoms with Crippen molar-refractivity contribution in [2.75, 3.05) is 0 Å². The average molecular weight is 476 g/mol. The molecule has 0 aliphatic heterocycles. The summed E-state index contributed by atoms with van der Waals surface area (Å²) in [4.78, 5) is 23.9. The van der Waals surface area contributed by atoms with Gasteiger partial charge in [0.2, 0.25) is 0 Å². The van der Waals surface area contributed by atoms with E-state index in [1.807, 2.05) is 0 Å². The summed E-state index contributed by atoms with van der Waals surface area (Å²) in [6, 6.07) is 4.91. The van der Waals surface area contributed by atoms with Crippen LogP contribution in [0, 0.1) is 0 Å². The van der Waals surface area contributed by atoms with Crippen molar-refractivity contribution >= 4 is 44.8 Å². The zero-order chi connectivity index (χ0) is 21.6. The SMILES string of the molecule is O=c1c2c3c(sc2ncn1CC(O)(Cn1cncn1)c1ccc(Cl)cc1Cl)CCCC3. The lowest BCUT2D eigenvalue weighted by Crippen LogP contribution is -2.40. The van der Waals surface area contributed by atoms with E-state index < -0.39 is 5.60 Å². The minimum Gasteiger partial charge on any atom is -0.381 e. The number of aromatic nitrogens is 5. The van der Waals surface area contributed by atoms with Gasteiger partial charge in [-0.3, -0.25) is 9.36 Å². The molecule has 0 bridgehead atoms. The van der Waals surface area contributed by atoms with E-state index in [0.717, 1.165) is 36.1 Å². The van der Waals surface area contributed by atoms with Crippen LogP contribution in [-0.2, 0) is 31.5 Å². The maximum atomic E-state index is 13.4. The van der Waals surface area contributed by atoms with Gasteiger partial charge in [-0.1, -0.05) is 29.3 Å². The second-order valence-electron chi connectivity index (χ2n) is 7.82. The molecule has 5 rings (SSSR count). The van der Waals surface area contributed by atoms with Gasteiger partial charge in [0, 0.05) is 20.5 Å². The smallest absolute Gasteiger partial charge is 0.262 e. The molecule has 0 saturated carbocycles. The predicted octanol–water partition coefficient (Wildman–Crippen LogP) is 3.82. The van der Waals surface area contributed by atoms with Gasteiger partial charge in [-0.15, -0.1) is 11.3 Å². The summed E-state index contributed by atoms with van der Waals surface area (Å²) < 4.78 is 2.97. The van der Waals surface area contributed by atoms with E-state index in [2.05, 4.69) is 15.1 Å². The van der Waals surface area contributed by atoms with Crippen molar-refractivity contribution in [2.24, 2.45) is 0 Å². The molecule has 7 nitrogen and oxygen atoms in total. The number of hydrogen-bond acceptors (Lipinski definition) is 6. The lowest BCUT2D eigenvalue weighted by Gasteiger charge is -2.30. The third-order valence-corrected chi connectivity index (χ3v) is 7.44. The van der Waals surface area contributed by atoms with Crippen molar-refractivity contribution < 1.29 is 5.11 Å². The largest absolute Gasteiger partial charge is 0.381 e. The molecule has 160 valence electrons. The summed E-state index contributed by atoms with van der Waals surface area (Å²) in [5, 5.41) is 17.3. The standard InChI is InChI=1S/C21H19Cl2N5O2S/c22-13-5-6-15(16(23)7-13)21(30,9-28-11-24-10-26-28)8-27-12-25-19-18(20(27)29)14-3-1-2-4-17(14)31-19/h5-7,10-12,30H,1-4,8-9H2. The number of aryl methyl sites for hydroxylation is 2. The topological polar surface area (TPSA) is 85.8 Å². The van der Waals surface area contributed by atoms with Crippen LogP contribution in [0.5, 0.6) is 0 Å². The minimum absolute atomic E-state index is 0.0411. The molecule has 10 heteroatoms. The molecular formula is C21H19Cl2N5O2S. The molecule has 31 heavy (non-hydrogen) atoms. The second-order valence-corrected chi connectivity index (χ2v) is 9.74. The van der Waals surface area contributed by atoms with E-state index in [1.54, 1.807) is 29.5 Å². The number of hydrogen-bond donors (Lipinski definition) is 1. The summed E-state index contributed by atoms with van der Waals surface area (Å²) in [6.45, 7) is 0.0151. The first kappa shape index (κ1) is 20.6. The first-order chi connectivity index (χ1) is 14.9. The highest BCUT2D eigenvalue weighted by Crippen LogP contribution is 2.35. The van der Waals surface area contributed by atoms with Gasteiger partial charge in [-0.2, -0.15) is 5.10 Å². The predicted molar refractivity (Wildman–Crippen MR) is 121 cm³/mol. The molecule has 0 amide bonds. The molecule has 1 N–H and O–H groups in total. The molecule has 4 aromatic rings. The fourth-order valence-corrected chi connectivity index (χ4v) is 6.05. The van der Waals surface area contributed by atoms with Gasteiger partial charge in [-0.05, 0) is 43.4 Å². The Kier molecular flexibility index (Phi) is 5.34. The lowest BCUT2D eigenvalue weighted by molar-refractivity contribution is -0.00312. The molecular weight excluding hydrogens is 457 g/mol. The van der Waals surface area contributed by atoms with Gasteiger partial charge >= 0.3 is 0 Å². The quantitative estimate of drug-likeness (QED) is 0.473. The summed E-state index contributed by atoms with van der Waals surface area (Å²) in [5.41, 5.74) is -0.118. The number of nitrogens with zero attached hydrogens (tertiary/aromatic N) is 5. The Balaban J connectivity index is 1.62. The Bertz CT molecular complexity index is 1320. The van der Waals surface area contributed by atoms with Crippen LogP contribution in [0.25, 0.3) is 10.2 Å². The minimum atomic E-state index is -1.54. The van der Waals surface area contributed by atoms with Gasteiger partial charge in [0.25, 0.3) is 5.56 Å². The molecule has 1 aromatic carbocycles. The number of benzene rings is 1. The van der Waals surface area contributed by atoms with Crippen molar-refractivity contribution in [1.29, 1.82) is 0 Å². The van der Waals surface area contributed by atoms with Crippen molar-refractivity contribution in [3.8, 4) is 0 Å². The Morgan fingerprint density at radius 1 is 1.16 bits per heavy atom. The molecule has 1 aliphatic rings. The van der Waals surface area contributed by atoms with Crippen molar-refractivity contribution in [2.45, 2.75) is 44.4 Å². The van der Waals surface area contributed by atoms with E-state index in [4.69, 9.17) is 23.2 Å². The van der Waals surface area contributed by atoms with E-state index in [9.17, 15) is 9.90 Å². The average Bonchev–Trinajstić information content (AvgIpc) is 3.37. The van der Waals surface area contributed by atoms with Gasteiger partial charge in [-0.25, -0.2) is 14.6 Å². The molecule has 3 heterocycles. The van der Waals surface area contributed by atoms with Crippen LogP contribution in [0.4, 0.5) is 0 Å². The van der Waals surface area contributed by atoms with Crippen LogP contribution in [-0.4, -0.2) is 29.4 Å². The van der Waals surface area contributed by atoms with E-state index >= 15 is 0 Å². The van der Waals surface area contributed by atoms with Gasteiger partial charge in [0.05, 0.1) is 24.8 Å². The number of rotatable bonds is 5. The zero-order valence-corrected chi connectivity index (χ0v) is 18.8. The van der Waals surface area contributed by atoms with Gasteiger partial charge < -0.3 is 5.11 Å². The Hall–Kier alpha value is -2.26. The number of fused-ring (bicyclic) bond motifs is 3. The maximum absolute atomic E-state index is 13.4. The lowest BCUT2D eigenvalue weighted by atomic mass is 9.93. The van der Waals surface area contributed by atoms with Crippen molar-refractivity contribution in [3.63, 3.8) is 0 Å². The Labute approximate surface area is 191 Å². The fourth-order valence-electron chi connectivity index (χ4n) is 4.25. The molecule has 0 saturated heterocycles. The summed E-state index contributed by atoms with van der Waals surface area (Å²) in [7, 11) is 0. The first-order valence-corrected chi connectivity index (χ1v) is 11.5. The highest BCUT2D eigenvalue weighted by atomic mass is 35.5. The van der Waals surface area contributed by atoms with E-state index in [1.165, 1.54) is 33.1 Å². The van der Waals surface area contributed by atoms with E-state index in [-0.39, 0.29) is 18.6 Å². The van der Waals surface area contributed by atoms with Crippen LogP contribution < -0.4 is 5.56 Å². The monoisotopic (exact) mass is 475 g/mol. The van der Waals surface area contributed by atoms with Crippen LogP contribution in [0.2, 0.25) is 10.0 Å². The maximum Gasteiger partial charge on any atom is 0.262 e. The van der Waals surface area contributed by atoms with Crippen LogP contribution in [0.15, 0.2) is 42.0 Å². The van der Waals surface area contributed by atoms with Crippen molar-refractivity contribution in [1.82, 2.24) is 24.3 Å². The molecule has 1 atom stereocenters. The Morgan fingerprint density at radius 3 is 2.77 bits per heavy atom. The third-order valence-electron chi connectivity index (χ3n) is 5.70. The second kappa shape index (κ2) is 8.02. The molecule has 0 radical (unpaired) electrons. The highest BCUT2D eigenvalue weighted by molar-refractivity contribution is 7.18. The van der Waals surface area contributed by atoms with Crippen LogP contribution in [0.3, 0.4) is 0 Å². The normalized spacial score (nSPS) is 15.7. The number of halogens is 2. The number of aliphatic hydroxyl groups is 1. The summed E-state index contributed by atoms with van der Waals surface area (Å²) in [5.74, 6) is 0. The molecule has 0 fully saturated rings. The van der Waals surface area contributed by atoms with Crippen LogP contribution in [0.1, 0.15) is 28.8 Å². The summed E-state index contributed by atoms with van der Waals surface area (Å²) >= 11 is 14.1.